The number of fused-ring (bicyclic) bond motifs is 2. The summed E-state index contributed by atoms with van der Waals surface area (Å²) in [5, 5.41) is 6.31. The van der Waals surface area contributed by atoms with Crippen LogP contribution in [0, 0.1) is 0 Å². The van der Waals surface area contributed by atoms with E-state index in [0.29, 0.717) is 5.56 Å². The SMILES string of the molecule is O=C(NN=Cc1c[nH]c2ccccc12)c1ccc(CSc2cccc3cccnc23)cc1. The average molecular weight is 437 g/mol. The molecule has 5 rings (SSSR count). The van der Waals surface area contributed by atoms with Gasteiger partial charge in [0.25, 0.3) is 5.91 Å². The Morgan fingerprint density at radius 1 is 1.00 bits per heavy atom. The zero-order valence-electron chi connectivity index (χ0n) is 17.2. The summed E-state index contributed by atoms with van der Waals surface area (Å²) >= 11 is 1.74. The first-order chi connectivity index (χ1) is 15.8. The number of hydrogen-bond donors (Lipinski definition) is 2. The number of amides is 1. The van der Waals surface area contributed by atoms with Crippen LogP contribution in [0.4, 0.5) is 0 Å². The summed E-state index contributed by atoms with van der Waals surface area (Å²) in [5.41, 5.74) is 7.29. The van der Waals surface area contributed by atoms with Crippen LogP contribution in [-0.4, -0.2) is 22.1 Å². The fourth-order valence-electron chi connectivity index (χ4n) is 3.53. The van der Waals surface area contributed by atoms with E-state index in [1.54, 1.807) is 18.0 Å². The summed E-state index contributed by atoms with van der Waals surface area (Å²) in [6.07, 6.45) is 5.35. The quantitative estimate of drug-likeness (QED) is 0.202. The van der Waals surface area contributed by atoms with Crippen molar-refractivity contribution in [2.24, 2.45) is 5.10 Å². The second kappa shape index (κ2) is 9.08. The van der Waals surface area contributed by atoms with Crippen LogP contribution in [0.25, 0.3) is 21.8 Å². The first-order valence-electron chi connectivity index (χ1n) is 10.2. The third-order valence-corrected chi connectivity index (χ3v) is 6.32. The molecule has 0 aliphatic carbocycles. The fraction of sp³-hybridized carbons (Fsp3) is 0.0385. The molecule has 2 aromatic heterocycles. The number of thioether (sulfide) groups is 1. The third-order valence-electron chi connectivity index (χ3n) is 5.20. The number of benzene rings is 3. The predicted octanol–water partition coefficient (Wildman–Crippen LogP) is 5.77. The molecule has 0 spiro atoms. The van der Waals surface area contributed by atoms with Crippen molar-refractivity contribution < 1.29 is 4.79 Å². The molecular weight excluding hydrogens is 416 g/mol. The maximum absolute atomic E-state index is 12.4. The minimum atomic E-state index is -0.237. The molecule has 5 nitrogen and oxygen atoms in total. The van der Waals surface area contributed by atoms with E-state index in [9.17, 15) is 4.79 Å². The van der Waals surface area contributed by atoms with Crippen LogP contribution in [0.3, 0.4) is 0 Å². The van der Waals surface area contributed by atoms with Gasteiger partial charge in [0.2, 0.25) is 0 Å². The summed E-state index contributed by atoms with van der Waals surface area (Å²) in [5.74, 6) is 0.564. The Balaban J connectivity index is 1.21. The van der Waals surface area contributed by atoms with Gasteiger partial charge in [-0.25, -0.2) is 5.43 Å². The van der Waals surface area contributed by atoms with Crippen molar-refractivity contribution in [2.75, 3.05) is 0 Å². The van der Waals surface area contributed by atoms with Crippen LogP contribution < -0.4 is 5.43 Å². The van der Waals surface area contributed by atoms with Crippen molar-refractivity contribution in [3.8, 4) is 0 Å². The van der Waals surface area contributed by atoms with E-state index in [-0.39, 0.29) is 5.91 Å². The number of carbonyl (C=O) groups excluding carboxylic acids is 1. The molecule has 32 heavy (non-hydrogen) atoms. The molecule has 0 radical (unpaired) electrons. The predicted molar refractivity (Wildman–Crippen MR) is 131 cm³/mol. The van der Waals surface area contributed by atoms with Gasteiger partial charge in [0, 0.05) is 50.5 Å². The normalized spacial score (nSPS) is 11.4. The monoisotopic (exact) mass is 436 g/mol. The highest BCUT2D eigenvalue weighted by Gasteiger charge is 2.07. The van der Waals surface area contributed by atoms with Crippen LogP contribution in [0.5, 0.6) is 0 Å². The van der Waals surface area contributed by atoms with E-state index >= 15 is 0 Å². The highest BCUT2D eigenvalue weighted by atomic mass is 32.2. The largest absolute Gasteiger partial charge is 0.361 e. The van der Waals surface area contributed by atoms with Gasteiger partial charge in [-0.05, 0) is 35.9 Å². The number of hydrogen-bond acceptors (Lipinski definition) is 4. The summed E-state index contributed by atoms with van der Waals surface area (Å²) in [6, 6.07) is 25.8. The molecule has 2 heterocycles. The lowest BCUT2D eigenvalue weighted by atomic mass is 10.1. The number of aromatic amines is 1. The molecule has 0 atom stereocenters. The average Bonchev–Trinajstić information content (AvgIpc) is 3.26. The number of nitrogens with zero attached hydrogens (tertiary/aromatic N) is 2. The number of aromatic nitrogens is 2. The molecule has 0 aliphatic heterocycles. The molecule has 0 bridgehead atoms. The third kappa shape index (κ3) is 4.26. The molecule has 0 fully saturated rings. The Hall–Kier alpha value is -3.90. The van der Waals surface area contributed by atoms with E-state index in [1.165, 1.54) is 0 Å². The van der Waals surface area contributed by atoms with Gasteiger partial charge >= 0.3 is 0 Å². The maximum atomic E-state index is 12.4. The number of hydrazone groups is 1. The van der Waals surface area contributed by atoms with Gasteiger partial charge in [0.1, 0.15) is 0 Å². The highest BCUT2D eigenvalue weighted by molar-refractivity contribution is 7.98. The molecule has 6 heteroatoms. The van der Waals surface area contributed by atoms with Crippen molar-refractivity contribution in [3.05, 3.63) is 108 Å². The fourth-order valence-corrected chi connectivity index (χ4v) is 4.53. The maximum Gasteiger partial charge on any atom is 0.271 e. The Kier molecular flexibility index (Phi) is 5.68. The van der Waals surface area contributed by atoms with Gasteiger partial charge in [-0.15, -0.1) is 11.8 Å². The van der Waals surface area contributed by atoms with Crippen LogP contribution in [-0.2, 0) is 5.75 Å². The summed E-state index contributed by atoms with van der Waals surface area (Å²) in [7, 11) is 0. The number of nitrogens with one attached hydrogen (secondary N) is 2. The summed E-state index contributed by atoms with van der Waals surface area (Å²) < 4.78 is 0. The molecule has 0 saturated heterocycles. The first-order valence-corrected chi connectivity index (χ1v) is 11.2. The van der Waals surface area contributed by atoms with E-state index < -0.39 is 0 Å². The summed E-state index contributed by atoms with van der Waals surface area (Å²) in [4.78, 5) is 21.3. The Morgan fingerprint density at radius 3 is 2.75 bits per heavy atom. The smallest absolute Gasteiger partial charge is 0.271 e. The van der Waals surface area contributed by atoms with E-state index in [4.69, 9.17) is 0 Å². The number of para-hydroxylation sites is 2. The van der Waals surface area contributed by atoms with Crippen LogP contribution >= 0.6 is 11.8 Å². The Bertz CT molecular complexity index is 1420. The molecule has 2 N–H and O–H groups in total. The van der Waals surface area contributed by atoms with Gasteiger partial charge in [0.05, 0.1) is 11.7 Å². The van der Waals surface area contributed by atoms with Crippen molar-refractivity contribution in [2.45, 2.75) is 10.6 Å². The standard InChI is InChI=1S/C26H20N4OS/c31-26(30-29-16-21-15-28-23-8-2-1-7-22(21)23)20-12-10-18(11-13-20)17-32-24-9-3-5-19-6-4-14-27-25(19)24/h1-16,28H,17H2,(H,30,31). The second-order valence-electron chi connectivity index (χ2n) is 7.31. The van der Waals surface area contributed by atoms with Gasteiger partial charge in [-0.2, -0.15) is 5.10 Å². The second-order valence-corrected chi connectivity index (χ2v) is 8.32. The van der Waals surface area contributed by atoms with Gasteiger partial charge in [0.15, 0.2) is 0 Å². The minimum absolute atomic E-state index is 0.237. The lowest BCUT2D eigenvalue weighted by Gasteiger charge is -2.06. The lowest BCUT2D eigenvalue weighted by molar-refractivity contribution is 0.0955. The van der Waals surface area contributed by atoms with E-state index in [1.807, 2.05) is 67.0 Å². The first kappa shape index (κ1) is 20.0. The molecule has 0 unspecified atom stereocenters. The Labute approximate surface area is 189 Å². The molecule has 0 aliphatic rings. The highest BCUT2D eigenvalue weighted by Crippen LogP contribution is 2.29. The zero-order valence-corrected chi connectivity index (χ0v) is 18.0. The van der Waals surface area contributed by atoms with Crippen molar-refractivity contribution in [3.63, 3.8) is 0 Å². The van der Waals surface area contributed by atoms with E-state index in [2.05, 4.69) is 44.8 Å². The van der Waals surface area contributed by atoms with Crippen LogP contribution in [0.15, 0.2) is 101 Å². The van der Waals surface area contributed by atoms with E-state index in [0.717, 1.165) is 43.6 Å². The van der Waals surface area contributed by atoms with Crippen molar-refractivity contribution in [1.82, 2.24) is 15.4 Å². The molecule has 3 aromatic carbocycles. The number of pyridine rings is 1. The van der Waals surface area contributed by atoms with Gasteiger partial charge in [-0.3, -0.25) is 9.78 Å². The molecule has 0 saturated carbocycles. The number of H-pyrrole nitrogens is 1. The molecule has 156 valence electrons. The van der Waals surface area contributed by atoms with Crippen molar-refractivity contribution >= 4 is 45.7 Å². The zero-order chi connectivity index (χ0) is 21.8. The molecule has 1 amide bonds. The van der Waals surface area contributed by atoms with Gasteiger partial charge in [-0.1, -0.05) is 48.5 Å². The minimum Gasteiger partial charge on any atom is -0.361 e. The number of carbonyl (C=O) groups is 1. The number of rotatable bonds is 6. The van der Waals surface area contributed by atoms with Gasteiger partial charge < -0.3 is 4.98 Å². The van der Waals surface area contributed by atoms with Crippen molar-refractivity contribution in [1.29, 1.82) is 0 Å². The summed E-state index contributed by atoms with van der Waals surface area (Å²) in [6.45, 7) is 0. The molecular formula is C26H20N4OS. The van der Waals surface area contributed by atoms with Crippen LogP contribution in [0.1, 0.15) is 21.5 Å². The Morgan fingerprint density at radius 2 is 1.84 bits per heavy atom. The molecule has 5 aromatic rings. The topological polar surface area (TPSA) is 70.1 Å². The lowest BCUT2D eigenvalue weighted by Crippen LogP contribution is -2.17. The van der Waals surface area contributed by atoms with Crippen LogP contribution in [0.2, 0.25) is 0 Å².